The van der Waals surface area contributed by atoms with Gasteiger partial charge in [-0.3, -0.25) is 4.90 Å². The standard InChI is InChI=1S/C24H30FNO2/c1-2-28-22-13-6-4-10-19(22)23-20-11-7-8-14-24(20,27)15-16-26(23)17-18-9-3-5-12-21(18)25/h3-6,9-10,12-13,20,23,27H,2,7-8,11,14-17H2,1H3/t20-,23+,24-/m0/s1. The molecule has 0 aromatic heterocycles. The van der Waals surface area contributed by atoms with Crippen molar-refractivity contribution in [3.63, 3.8) is 0 Å². The molecule has 3 nitrogen and oxygen atoms in total. The van der Waals surface area contributed by atoms with Gasteiger partial charge in [-0.2, -0.15) is 0 Å². The fourth-order valence-electron chi connectivity index (χ4n) is 5.19. The monoisotopic (exact) mass is 383 g/mol. The van der Waals surface area contributed by atoms with Gasteiger partial charge in [0.1, 0.15) is 11.6 Å². The first-order valence-electron chi connectivity index (χ1n) is 10.5. The van der Waals surface area contributed by atoms with E-state index < -0.39 is 5.60 Å². The van der Waals surface area contributed by atoms with Crippen LogP contribution in [0.2, 0.25) is 0 Å². The van der Waals surface area contributed by atoms with Crippen molar-refractivity contribution in [2.45, 2.75) is 57.2 Å². The fraction of sp³-hybridized carbons (Fsp3) is 0.500. The summed E-state index contributed by atoms with van der Waals surface area (Å²) in [4.78, 5) is 2.35. The Hall–Kier alpha value is -1.91. The molecule has 3 atom stereocenters. The minimum absolute atomic E-state index is 0.0291. The maximum atomic E-state index is 14.4. The Morgan fingerprint density at radius 2 is 1.89 bits per heavy atom. The van der Waals surface area contributed by atoms with Gasteiger partial charge in [-0.25, -0.2) is 4.39 Å². The fourth-order valence-corrected chi connectivity index (χ4v) is 5.19. The second kappa shape index (κ2) is 8.22. The molecule has 0 radical (unpaired) electrons. The number of likely N-dealkylation sites (tertiary alicyclic amines) is 1. The second-order valence-electron chi connectivity index (χ2n) is 8.18. The van der Waals surface area contributed by atoms with Gasteiger partial charge >= 0.3 is 0 Å². The Morgan fingerprint density at radius 1 is 1.11 bits per heavy atom. The third kappa shape index (κ3) is 3.68. The van der Waals surface area contributed by atoms with E-state index >= 15 is 0 Å². The van der Waals surface area contributed by atoms with Crippen LogP contribution in [0.5, 0.6) is 5.75 Å². The van der Waals surface area contributed by atoms with Crippen molar-refractivity contribution >= 4 is 0 Å². The average molecular weight is 384 g/mol. The van der Waals surface area contributed by atoms with Gasteiger partial charge in [0.25, 0.3) is 0 Å². The van der Waals surface area contributed by atoms with Crippen molar-refractivity contribution in [3.8, 4) is 5.75 Å². The summed E-state index contributed by atoms with van der Waals surface area (Å²) in [6.45, 7) is 3.90. The van der Waals surface area contributed by atoms with Crippen LogP contribution >= 0.6 is 0 Å². The zero-order valence-electron chi connectivity index (χ0n) is 16.6. The van der Waals surface area contributed by atoms with Crippen molar-refractivity contribution in [3.05, 3.63) is 65.5 Å². The quantitative estimate of drug-likeness (QED) is 0.780. The van der Waals surface area contributed by atoms with Crippen LogP contribution in [0, 0.1) is 11.7 Å². The largest absolute Gasteiger partial charge is 0.494 e. The highest BCUT2D eigenvalue weighted by Crippen LogP contribution is 2.51. The third-order valence-electron chi connectivity index (χ3n) is 6.54. The van der Waals surface area contributed by atoms with Crippen LogP contribution in [0.4, 0.5) is 4.39 Å². The van der Waals surface area contributed by atoms with Gasteiger partial charge in [-0.15, -0.1) is 0 Å². The first-order valence-corrected chi connectivity index (χ1v) is 10.5. The predicted molar refractivity (Wildman–Crippen MR) is 109 cm³/mol. The minimum atomic E-state index is -0.631. The Morgan fingerprint density at radius 3 is 2.71 bits per heavy atom. The number of aliphatic hydroxyl groups is 1. The molecule has 0 unspecified atom stereocenters. The van der Waals surface area contributed by atoms with Crippen molar-refractivity contribution in [1.29, 1.82) is 0 Å². The molecular weight excluding hydrogens is 353 g/mol. The normalized spacial score (nSPS) is 28.0. The van der Waals surface area contributed by atoms with Crippen LogP contribution in [-0.2, 0) is 6.54 Å². The predicted octanol–water partition coefficient (Wildman–Crippen LogP) is 5.09. The van der Waals surface area contributed by atoms with Crippen LogP contribution in [-0.4, -0.2) is 28.8 Å². The summed E-state index contributed by atoms with van der Waals surface area (Å²) in [6.07, 6.45) is 4.82. The van der Waals surface area contributed by atoms with Crippen molar-refractivity contribution < 1.29 is 14.2 Å². The zero-order valence-corrected chi connectivity index (χ0v) is 16.6. The van der Waals surface area contributed by atoms with Crippen molar-refractivity contribution in [1.82, 2.24) is 4.90 Å². The van der Waals surface area contributed by atoms with E-state index in [1.165, 1.54) is 6.07 Å². The topological polar surface area (TPSA) is 32.7 Å². The summed E-state index contributed by atoms with van der Waals surface area (Å²) < 4.78 is 20.3. The lowest BCUT2D eigenvalue weighted by molar-refractivity contribution is -0.126. The summed E-state index contributed by atoms with van der Waals surface area (Å²) in [5, 5.41) is 11.4. The molecule has 28 heavy (non-hydrogen) atoms. The first-order chi connectivity index (χ1) is 13.6. The lowest BCUT2D eigenvalue weighted by atomic mass is 9.66. The molecule has 2 fully saturated rings. The van der Waals surface area contributed by atoms with Crippen LogP contribution in [0.1, 0.15) is 56.2 Å². The van der Waals surface area contributed by atoms with Crippen molar-refractivity contribution in [2.24, 2.45) is 5.92 Å². The van der Waals surface area contributed by atoms with E-state index in [0.29, 0.717) is 18.7 Å². The van der Waals surface area contributed by atoms with E-state index in [1.54, 1.807) is 6.07 Å². The molecular formula is C24H30FNO2. The SMILES string of the molecule is CCOc1ccccc1[C@@H]1[C@@H]2CCCC[C@]2(O)CCN1Cc1ccccc1F. The van der Waals surface area contributed by atoms with Crippen LogP contribution < -0.4 is 4.74 Å². The van der Waals surface area contributed by atoms with Gasteiger partial charge < -0.3 is 9.84 Å². The van der Waals surface area contributed by atoms with E-state index in [9.17, 15) is 9.50 Å². The molecule has 1 aliphatic heterocycles. The van der Waals surface area contributed by atoms with E-state index in [2.05, 4.69) is 11.0 Å². The number of rotatable bonds is 5. The molecule has 1 N–H and O–H groups in total. The first kappa shape index (κ1) is 19.4. The molecule has 4 rings (SSSR count). The molecule has 0 amide bonds. The van der Waals surface area contributed by atoms with Crippen LogP contribution in [0.25, 0.3) is 0 Å². The molecule has 0 spiro atoms. The molecule has 1 aliphatic carbocycles. The number of benzene rings is 2. The molecule has 150 valence electrons. The van der Waals surface area contributed by atoms with Gasteiger partial charge in [0.05, 0.1) is 12.2 Å². The van der Waals surface area contributed by atoms with E-state index in [-0.39, 0.29) is 17.8 Å². The smallest absolute Gasteiger partial charge is 0.127 e. The van der Waals surface area contributed by atoms with Gasteiger partial charge in [0.2, 0.25) is 0 Å². The number of nitrogens with zero attached hydrogens (tertiary/aromatic N) is 1. The molecule has 4 heteroatoms. The number of hydrogen-bond acceptors (Lipinski definition) is 3. The number of hydrogen-bond donors (Lipinski definition) is 1. The maximum Gasteiger partial charge on any atom is 0.127 e. The second-order valence-corrected chi connectivity index (χ2v) is 8.18. The van der Waals surface area contributed by atoms with Crippen molar-refractivity contribution in [2.75, 3.05) is 13.2 Å². The summed E-state index contributed by atoms with van der Waals surface area (Å²) in [5.74, 6) is 0.857. The molecule has 2 aromatic carbocycles. The highest BCUT2D eigenvalue weighted by molar-refractivity contribution is 5.38. The molecule has 2 aromatic rings. The lowest BCUT2D eigenvalue weighted by Gasteiger charge is -2.53. The summed E-state index contributed by atoms with van der Waals surface area (Å²) >= 11 is 0. The molecule has 2 aliphatic rings. The Kier molecular flexibility index (Phi) is 5.70. The summed E-state index contributed by atoms with van der Waals surface area (Å²) in [6, 6.07) is 15.2. The summed E-state index contributed by atoms with van der Waals surface area (Å²) in [7, 11) is 0. The highest BCUT2D eigenvalue weighted by atomic mass is 19.1. The Balaban J connectivity index is 1.74. The number of halogens is 1. The number of piperidine rings is 1. The van der Waals surface area contributed by atoms with Gasteiger partial charge in [-0.1, -0.05) is 49.2 Å². The minimum Gasteiger partial charge on any atom is -0.494 e. The number of ether oxygens (including phenoxy) is 1. The molecule has 1 saturated heterocycles. The molecule has 0 bridgehead atoms. The van der Waals surface area contributed by atoms with E-state index in [0.717, 1.165) is 50.0 Å². The van der Waals surface area contributed by atoms with Gasteiger partial charge in [0, 0.05) is 36.2 Å². The van der Waals surface area contributed by atoms with Crippen LogP contribution in [0.15, 0.2) is 48.5 Å². The third-order valence-corrected chi connectivity index (χ3v) is 6.54. The van der Waals surface area contributed by atoms with E-state index in [1.807, 2.05) is 37.3 Å². The Bertz CT molecular complexity index is 811. The molecule has 1 heterocycles. The van der Waals surface area contributed by atoms with Crippen LogP contribution in [0.3, 0.4) is 0 Å². The average Bonchev–Trinajstić information content (AvgIpc) is 2.70. The zero-order chi connectivity index (χ0) is 19.6. The molecule has 1 saturated carbocycles. The maximum absolute atomic E-state index is 14.4. The van der Waals surface area contributed by atoms with Gasteiger partial charge in [0.15, 0.2) is 0 Å². The Labute approximate surface area is 167 Å². The number of fused-ring (bicyclic) bond motifs is 1. The summed E-state index contributed by atoms with van der Waals surface area (Å²) in [5.41, 5.74) is 1.20. The number of para-hydroxylation sites is 1. The van der Waals surface area contributed by atoms with Gasteiger partial charge in [-0.05, 0) is 38.3 Å². The highest BCUT2D eigenvalue weighted by Gasteiger charge is 2.49. The lowest BCUT2D eigenvalue weighted by Crippen LogP contribution is -2.54. The van der Waals surface area contributed by atoms with E-state index in [4.69, 9.17) is 4.74 Å².